The molecule has 0 saturated heterocycles. The minimum absolute atomic E-state index is 0.522. The van der Waals surface area contributed by atoms with E-state index in [2.05, 4.69) is 30.1 Å². The lowest BCUT2D eigenvalue weighted by Gasteiger charge is -2.20. The highest BCUT2D eigenvalue weighted by Crippen LogP contribution is 2.23. The molecule has 0 aliphatic rings. The van der Waals surface area contributed by atoms with Gasteiger partial charge in [-0.25, -0.2) is 4.98 Å². The van der Waals surface area contributed by atoms with E-state index in [1.54, 1.807) is 0 Å². The molecule has 0 amide bonds. The maximum absolute atomic E-state index is 6.28. The van der Waals surface area contributed by atoms with Crippen LogP contribution in [0.4, 0.5) is 5.82 Å². The molecule has 0 spiro atoms. The average molecular weight is 280 g/mol. The van der Waals surface area contributed by atoms with Crippen molar-refractivity contribution in [1.29, 1.82) is 0 Å². The van der Waals surface area contributed by atoms with E-state index < -0.39 is 0 Å². The lowest BCUT2D eigenvalue weighted by Crippen LogP contribution is -2.24. The fourth-order valence-corrected chi connectivity index (χ4v) is 2.06. The molecule has 0 atom stereocenters. The van der Waals surface area contributed by atoms with Crippen LogP contribution in [0.1, 0.15) is 26.3 Å². The summed E-state index contributed by atoms with van der Waals surface area (Å²) in [5.74, 6) is 4.01. The number of halogens is 1. The normalized spacial score (nSPS) is 10.5. The maximum Gasteiger partial charge on any atom is 0.148 e. The van der Waals surface area contributed by atoms with Crippen LogP contribution in [-0.4, -0.2) is 24.6 Å². The molecule has 1 aromatic rings. The first-order chi connectivity index (χ1) is 9.08. The van der Waals surface area contributed by atoms with E-state index in [-0.39, 0.29) is 0 Å². The smallest absolute Gasteiger partial charge is 0.148 e. The topological polar surface area (TPSA) is 28.2 Å². The molecule has 19 heavy (non-hydrogen) atoms. The van der Waals surface area contributed by atoms with Crippen LogP contribution in [0, 0.1) is 18.3 Å². The number of terminal acetylenes is 1. The largest absolute Gasteiger partial charge is 0.345 e. The van der Waals surface area contributed by atoms with Crippen molar-refractivity contribution in [3.8, 4) is 12.3 Å². The van der Waals surface area contributed by atoms with E-state index in [0.717, 1.165) is 31.0 Å². The van der Waals surface area contributed by atoms with Gasteiger partial charge in [0.05, 0.1) is 11.6 Å². The number of anilines is 1. The molecular weight excluding hydrogens is 258 g/mol. The van der Waals surface area contributed by atoms with Crippen LogP contribution < -0.4 is 10.2 Å². The minimum atomic E-state index is 0.522. The molecule has 4 heteroatoms. The van der Waals surface area contributed by atoms with Crippen molar-refractivity contribution < 1.29 is 0 Å². The summed E-state index contributed by atoms with van der Waals surface area (Å²) in [5.41, 5.74) is 1.09. The van der Waals surface area contributed by atoms with Crippen molar-refractivity contribution in [1.82, 2.24) is 10.3 Å². The van der Waals surface area contributed by atoms with Crippen LogP contribution in [0.25, 0.3) is 0 Å². The summed E-state index contributed by atoms with van der Waals surface area (Å²) in [5, 5.41) is 4.03. The van der Waals surface area contributed by atoms with Crippen LogP contribution in [0.3, 0.4) is 0 Å². The van der Waals surface area contributed by atoms with Gasteiger partial charge < -0.3 is 10.2 Å². The van der Waals surface area contributed by atoms with Gasteiger partial charge in [0.25, 0.3) is 0 Å². The van der Waals surface area contributed by atoms with Gasteiger partial charge >= 0.3 is 0 Å². The Labute approximate surface area is 121 Å². The monoisotopic (exact) mass is 279 g/mol. The van der Waals surface area contributed by atoms with Crippen molar-refractivity contribution >= 4 is 17.4 Å². The summed E-state index contributed by atoms with van der Waals surface area (Å²) in [6.45, 7) is 9.48. The third-order valence-corrected chi connectivity index (χ3v) is 3.00. The highest BCUT2D eigenvalue weighted by molar-refractivity contribution is 6.33. The summed E-state index contributed by atoms with van der Waals surface area (Å²) >= 11 is 6.28. The van der Waals surface area contributed by atoms with E-state index in [0.29, 0.717) is 17.5 Å². The Balaban J connectivity index is 2.71. The molecule has 3 nitrogen and oxygen atoms in total. The molecule has 1 rings (SSSR count). The summed E-state index contributed by atoms with van der Waals surface area (Å²) in [7, 11) is 0. The first kappa shape index (κ1) is 15.8. The van der Waals surface area contributed by atoms with E-state index >= 15 is 0 Å². The van der Waals surface area contributed by atoms with E-state index in [4.69, 9.17) is 18.0 Å². The van der Waals surface area contributed by atoms with E-state index in [9.17, 15) is 0 Å². The van der Waals surface area contributed by atoms with Gasteiger partial charge in [0.1, 0.15) is 5.82 Å². The van der Waals surface area contributed by atoms with E-state index in [1.165, 1.54) is 0 Å². The fourth-order valence-electron chi connectivity index (χ4n) is 1.75. The quantitative estimate of drug-likeness (QED) is 0.778. The second-order valence-corrected chi connectivity index (χ2v) is 5.30. The summed E-state index contributed by atoms with van der Waals surface area (Å²) < 4.78 is 0. The molecule has 0 aromatic carbocycles. The van der Waals surface area contributed by atoms with Crippen LogP contribution in [-0.2, 0) is 6.54 Å². The first-order valence-electron chi connectivity index (χ1n) is 6.62. The Kier molecular flexibility index (Phi) is 6.69. The van der Waals surface area contributed by atoms with Gasteiger partial charge in [0.15, 0.2) is 0 Å². The number of hydrogen-bond donors (Lipinski definition) is 1. The summed E-state index contributed by atoms with van der Waals surface area (Å²) in [4.78, 5) is 6.40. The zero-order valence-electron chi connectivity index (χ0n) is 11.9. The predicted octanol–water partition coefficient (Wildman–Crippen LogP) is 2.94. The minimum Gasteiger partial charge on any atom is -0.345 e. The molecule has 0 aliphatic carbocycles. The highest BCUT2D eigenvalue weighted by atomic mass is 35.5. The zero-order chi connectivity index (χ0) is 14.3. The Morgan fingerprint density at radius 2 is 2.26 bits per heavy atom. The second kappa shape index (κ2) is 8.04. The van der Waals surface area contributed by atoms with Crippen molar-refractivity contribution in [3.63, 3.8) is 0 Å². The Morgan fingerprint density at radius 1 is 1.53 bits per heavy atom. The van der Waals surface area contributed by atoms with Gasteiger partial charge in [0, 0.05) is 19.3 Å². The number of nitrogens with zero attached hydrogens (tertiary/aromatic N) is 2. The average Bonchev–Trinajstić information content (AvgIpc) is 2.36. The van der Waals surface area contributed by atoms with E-state index in [1.807, 2.05) is 24.1 Å². The number of pyridine rings is 1. The number of hydrogen-bond acceptors (Lipinski definition) is 3. The van der Waals surface area contributed by atoms with Gasteiger partial charge in [-0.1, -0.05) is 31.4 Å². The fraction of sp³-hybridized carbons (Fsp3) is 0.533. The molecule has 0 radical (unpaired) electrons. The number of aromatic nitrogens is 1. The van der Waals surface area contributed by atoms with Gasteiger partial charge in [-0.3, -0.25) is 0 Å². The first-order valence-corrected chi connectivity index (χ1v) is 6.99. The standard InChI is InChI=1S/C15H22ClN3/c1-5-7-19(6-2)15-14(16)8-13(11-18-15)10-17-9-12(3)4/h1,8,11-12,17H,6-7,9-10H2,2-4H3. The van der Waals surface area contributed by atoms with Crippen LogP contribution >= 0.6 is 11.6 Å². The zero-order valence-corrected chi connectivity index (χ0v) is 12.7. The number of rotatable bonds is 7. The summed E-state index contributed by atoms with van der Waals surface area (Å²) in [6.07, 6.45) is 7.20. The number of nitrogens with one attached hydrogen (secondary N) is 1. The lowest BCUT2D eigenvalue weighted by molar-refractivity contribution is 0.552. The van der Waals surface area contributed by atoms with Crippen molar-refractivity contribution in [3.05, 3.63) is 22.8 Å². The molecule has 0 aliphatic heterocycles. The van der Waals surface area contributed by atoms with Gasteiger partial charge in [-0.05, 0) is 31.0 Å². The Hall–Kier alpha value is -1.24. The van der Waals surface area contributed by atoms with Crippen molar-refractivity contribution in [2.24, 2.45) is 5.92 Å². The van der Waals surface area contributed by atoms with Crippen LogP contribution in [0.2, 0.25) is 5.02 Å². The van der Waals surface area contributed by atoms with Crippen LogP contribution in [0.15, 0.2) is 12.3 Å². The Bertz CT molecular complexity index is 438. The molecule has 1 aromatic heterocycles. The summed E-state index contributed by atoms with van der Waals surface area (Å²) in [6, 6.07) is 1.95. The highest BCUT2D eigenvalue weighted by Gasteiger charge is 2.10. The maximum atomic E-state index is 6.28. The molecule has 0 saturated carbocycles. The van der Waals surface area contributed by atoms with Gasteiger partial charge in [-0.2, -0.15) is 0 Å². The van der Waals surface area contributed by atoms with Crippen molar-refractivity contribution in [2.75, 3.05) is 24.5 Å². The van der Waals surface area contributed by atoms with Crippen molar-refractivity contribution in [2.45, 2.75) is 27.3 Å². The third kappa shape index (κ3) is 5.10. The molecule has 0 bridgehead atoms. The van der Waals surface area contributed by atoms with Crippen LogP contribution in [0.5, 0.6) is 0 Å². The predicted molar refractivity (Wildman–Crippen MR) is 82.5 cm³/mol. The molecule has 1 N–H and O–H groups in total. The van der Waals surface area contributed by atoms with Gasteiger partial charge in [0.2, 0.25) is 0 Å². The molecule has 0 fully saturated rings. The Morgan fingerprint density at radius 3 is 2.79 bits per heavy atom. The molecule has 1 heterocycles. The third-order valence-electron chi connectivity index (χ3n) is 2.72. The lowest BCUT2D eigenvalue weighted by atomic mass is 10.2. The molecule has 0 unspecified atom stereocenters. The SMILES string of the molecule is C#CCN(CC)c1ncc(CNCC(C)C)cc1Cl. The molecular formula is C15H22ClN3. The second-order valence-electron chi connectivity index (χ2n) is 4.89. The molecule has 104 valence electrons. The van der Waals surface area contributed by atoms with Gasteiger partial charge in [-0.15, -0.1) is 6.42 Å².